The predicted molar refractivity (Wildman–Crippen MR) is 77.0 cm³/mol. The maximum Gasteiger partial charge on any atom is 0.00674 e. The van der Waals surface area contributed by atoms with Gasteiger partial charge in [0.1, 0.15) is 0 Å². The molecule has 0 saturated heterocycles. The second-order valence-electron chi connectivity index (χ2n) is 7.22. The third-order valence-electron chi connectivity index (χ3n) is 5.06. The van der Waals surface area contributed by atoms with Crippen LogP contribution in [0.3, 0.4) is 0 Å². The summed E-state index contributed by atoms with van der Waals surface area (Å²) in [6.45, 7) is 11.8. The molecular formula is C16H33N. The van der Waals surface area contributed by atoms with Gasteiger partial charge < -0.3 is 5.73 Å². The molecule has 3 unspecified atom stereocenters. The second-order valence-corrected chi connectivity index (χ2v) is 7.22. The van der Waals surface area contributed by atoms with Crippen LogP contribution in [0.4, 0.5) is 0 Å². The molecule has 1 nitrogen and oxygen atoms in total. The summed E-state index contributed by atoms with van der Waals surface area (Å²) in [4.78, 5) is 0. The van der Waals surface area contributed by atoms with E-state index in [1.165, 1.54) is 38.5 Å². The highest BCUT2D eigenvalue weighted by atomic mass is 14.7. The number of hydrogen-bond acceptors (Lipinski definition) is 1. The fraction of sp³-hybridized carbons (Fsp3) is 1.00. The van der Waals surface area contributed by atoms with Gasteiger partial charge in [-0.3, -0.25) is 0 Å². The molecule has 0 heterocycles. The van der Waals surface area contributed by atoms with Gasteiger partial charge in [-0.25, -0.2) is 0 Å². The molecule has 0 amide bonds. The van der Waals surface area contributed by atoms with E-state index in [1.54, 1.807) is 0 Å². The van der Waals surface area contributed by atoms with Crippen molar-refractivity contribution in [3.05, 3.63) is 0 Å². The Bertz CT molecular complexity index is 212. The van der Waals surface area contributed by atoms with E-state index in [0.29, 0.717) is 11.5 Å². The Morgan fingerprint density at radius 2 is 1.71 bits per heavy atom. The number of nitrogens with two attached hydrogens (primary N) is 1. The van der Waals surface area contributed by atoms with Crippen LogP contribution in [-0.4, -0.2) is 6.04 Å². The largest absolute Gasteiger partial charge is 0.327 e. The van der Waals surface area contributed by atoms with E-state index >= 15 is 0 Å². The second kappa shape index (κ2) is 6.22. The average Bonchev–Trinajstić information content (AvgIpc) is 2.26. The van der Waals surface area contributed by atoms with Crippen molar-refractivity contribution >= 4 is 0 Å². The summed E-state index contributed by atoms with van der Waals surface area (Å²) in [5.41, 5.74) is 6.81. The fourth-order valence-electron chi connectivity index (χ4n) is 3.40. The summed E-state index contributed by atoms with van der Waals surface area (Å²) in [7, 11) is 0. The lowest BCUT2D eigenvalue weighted by Gasteiger charge is -2.41. The molecule has 0 aromatic heterocycles. The molecule has 1 heteroatoms. The van der Waals surface area contributed by atoms with Crippen LogP contribution in [0.1, 0.15) is 73.1 Å². The van der Waals surface area contributed by atoms with Gasteiger partial charge in [0, 0.05) is 6.04 Å². The minimum Gasteiger partial charge on any atom is -0.327 e. The third-order valence-corrected chi connectivity index (χ3v) is 5.06. The molecule has 1 aliphatic rings. The van der Waals surface area contributed by atoms with Crippen LogP contribution in [0.5, 0.6) is 0 Å². The maximum atomic E-state index is 6.34. The summed E-state index contributed by atoms with van der Waals surface area (Å²) in [6.07, 6.45) is 7.94. The SMILES string of the molecule is CCC(CC)CC1CC(C(C)(C)C)CCC1N. The van der Waals surface area contributed by atoms with Crippen LogP contribution in [-0.2, 0) is 0 Å². The van der Waals surface area contributed by atoms with Gasteiger partial charge in [-0.15, -0.1) is 0 Å². The Hall–Kier alpha value is -0.0400. The van der Waals surface area contributed by atoms with Gasteiger partial charge in [0.15, 0.2) is 0 Å². The van der Waals surface area contributed by atoms with Crippen molar-refractivity contribution in [2.45, 2.75) is 79.2 Å². The molecule has 0 bridgehead atoms. The van der Waals surface area contributed by atoms with Crippen LogP contribution < -0.4 is 5.73 Å². The van der Waals surface area contributed by atoms with Gasteiger partial charge in [-0.1, -0.05) is 47.5 Å². The van der Waals surface area contributed by atoms with E-state index in [2.05, 4.69) is 34.6 Å². The first-order valence-electron chi connectivity index (χ1n) is 7.64. The summed E-state index contributed by atoms with van der Waals surface area (Å²) in [5.74, 6) is 2.55. The molecule has 2 N–H and O–H groups in total. The Morgan fingerprint density at radius 1 is 1.12 bits per heavy atom. The van der Waals surface area contributed by atoms with E-state index in [4.69, 9.17) is 5.73 Å². The monoisotopic (exact) mass is 239 g/mol. The van der Waals surface area contributed by atoms with Gasteiger partial charge in [0.2, 0.25) is 0 Å². The lowest BCUT2D eigenvalue weighted by Crippen LogP contribution is -2.40. The molecule has 3 atom stereocenters. The first-order chi connectivity index (χ1) is 7.88. The molecule has 1 rings (SSSR count). The van der Waals surface area contributed by atoms with Crippen LogP contribution in [0.25, 0.3) is 0 Å². The van der Waals surface area contributed by atoms with Crippen molar-refractivity contribution in [1.82, 2.24) is 0 Å². The fourth-order valence-corrected chi connectivity index (χ4v) is 3.40. The predicted octanol–water partition coefficient (Wildman–Crippen LogP) is 4.60. The molecule has 17 heavy (non-hydrogen) atoms. The van der Waals surface area contributed by atoms with Crippen LogP contribution in [0.15, 0.2) is 0 Å². The third kappa shape index (κ3) is 4.28. The Balaban J connectivity index is 2.57. The zero-order valence-electron chi connectivity index (χ0n) is 12.6. The minimum atomic E-state index is 0.465. The number of rotatable bonds is 4. The average molecular weight is 239 g/mol. The van der Waals surface area contributed by atoms with Gasteiger partial charge in [-0.2, -0.15) is 0 Å². The van der Waals surface area contributed by atoms with Crippen LogP contribution >= 0.6 is 0 Å². The molecular weight excluding hydrogens is 206 g/mol. The molecule has 102 valence electrons. The van der Waals surface area contributed by atoms with Crippen LogP contribution in [0, 0.1) is 23.2 Å². The van der Waals surface area contributed by atoms with Crippen molar-refractivity contribution in [2.75, 3.05) is 0 Å². The molecule has 0 aromatic carbocycles. The topological polar surface area (TPSA) is 26.0 Å². The summed E-state index contributed by atoms with van der Waals surface area (Å²) in [6, 6.07) is 0.467. The molecule has 0 aliphatic heterocycles. The zero-order chi connectivity index (χ0) is 13.1. The van der Waals surface area contributed by atoms with Crippen molar-refractivity contribution < 1.29 is 0 Å². The summed E-state index contributed by atoms with van der Waals surface area (Å²) in [5, 5.41) is 0. The van der Waals surface area contributed by atoms with E-state index in [9.17, 15) is 0 Å². The van der Waals surface area contributed by atoms with E-state index in [1.807, 2.05) is 0 Å². The first-order valence-corrected chi connectivity index (χ1v) is 7.64. The first kappa shape index (κ1) is 15.0. The summed E-state index contributed by atoms with van der Waals surface area (Å²) < 4.78 is 0. The normalized spacial score (nSPS) is 30.9. The van der Waals surface area contributed by atoms with Crippen molar-refractivity contribution in [2.24, 2.45) is 28.9 Å². The Kier molecular flexibility index (Phi) is 5.50. The van der Waals surface area contributed by atoms with E-state index in [0.717, 1.165) is 17.8 Å². The molecule has 0 spiro atoms. The van der Waals surface area contributed by atoms with Crippen molar-refractivity contribution in [3.8, 4) is 0 Å². The lowest BCUT2D eigenvalue weighted by molar-refractivity contribution is 0.112. The molecule has 1 aliphatic carbocycles. The highest BCUT2D eigenvalue weighted by Crippen LogP contribution is 2.42. The quantitative estimate of drug-likeness (QED) is 0.762. The maximum absolute atomic E-state index is 6.34. The smallest absolute Gasteiger partial charge is 0.00674 e. The molecule has 0 aromatic rings. The van der Waals surface area contributed by atoms with Gasteiger partial charge >= 0.3 is 0 Å². The van der Waals surface area contributed by atoms with E-state index in [-0.39, 0.29) is 0 Å². The highest BCUT2D eigenvalue weighted by molar-refractivity contribution is 4.88. The highest BCUT2D eigenvalue weighted by Gasteiger charge is 2.34. The molecule has 0 radical (unpaired) electrons. The summed E-state index contributed by atoms with van der Waals surface area (Å²) >= 11 is 0. The Morgan fingerprint density at radius 3 is 2.18 bits per heavy atom. The Labute approximate surface area is 109 Å². The zero-order valence-corrected chi connectivity index (χ0v) is 12.6. The molecule has 1 saturated carbocycles. The standard InChI is InChI=1S/C16H33N/c1-6-12(7-2)10-13-11-14(16(3,4)5)8-9-15(13)17/h12-15H,6-11,17H2,1-5H3. The van der Waals surface area contributed by atoms with Crippen LogP contribution in [0.2, 0.25) is 0 Å². The molecule has 1 fully saturated rings. The van der Waals surface area contributed by atoms with Crippen molar-refractivity contribution in [3.63, 3.8) is 0 Å². The van der Waals surface area contributed by atoms with E-state index < -0.39 is 0 Å². The minimum absolute atomic E-state index is 0.465. The lowest BCUT2D eigenvalue weighted by atomic mass is 9.66. The van der Waals surface area contributed by atoms with Gasteiger partial charge in [0.05, 0.1) is 0 Å². The van der Waals surface area contributed by atoms with Gasteiger partial charge in [0.25, 0.3) is 0 Å². The number of hydrogen-bond donors (Lipinski definition) is 1. The van der Waals surface area contributed by atoms with Gasteiger partial charge in [-0.05, 0) is 48.9 Å². The van der Waals surface area contributed by atoms with Crippen molar-refractivity contribution in [1.29, 1.82) is 0 Å².